The van der Waals surface area contributed by atoms with Gasteiger partial charge in [-0.05, 0) is 43.1 Å². The van der Waals surface area contributed by atoms with Gasteiger partial charge >= 0.3 is 12.1 Å². The first kappa shape index (κ1) is 27.9. The highest BCUT2D eigenvalue weighted by Crippen LogP contribution is 2.39. The van der Waals surface area contributed by atoms with E-state index in [2.05, 4.69) is 5.32 Å². The molecule has 10 heteroatoms. The van der Waals surface area contributed by atoms with Gasteiger partial charge in [-0.2, -0.15) is 0 Å². The molecule has 10 nitrogen and oxygen atoms in total. The number of rotatable bonds is 2. The lowest BCUT2D eigenvalue weighted by Gasteiger charge is -2.34. The number of carboxylic acid groups (broad SMARTS) is 1. The van der Waals surface area contributed by atoms with E-state index in [4.69, 9.17) is 14.5 Å². The fraction of sp³-hybridized carbons (Fsp3) is 0.567. The Bertz CT molecular complexity index is 1320. The molecule has 1 aromatic heterocycles. The number of alkyl carbamates (subject to hydrolysis) is 1. The summed E-state index contributed by atoms with van der Waals surface area (Å²) in [6.45, 7) is 5.45. The van der Waals surface area contributed by atoms with Gasteiger partial charge in [0.05, 0.1) is 12.1 Å². The molecule has 2 amide bonds. The number of hydrogen-bond acceptors (Lipinski definition) is 7. The Morgan fingerprint density at radius 2 is 1.90 bits per heavy atom. The van der Waals surface area contributed by atoms with Gasteiger partial charge in [0.25, 0.3) is 0 Å². The molecular weight excluding hydrogens is 514 g/mol. The number of aldehydes is 1. The molecule has 3 aliphatic rings. The maximum atomic E-state index is 13.8. The van der Waals surface area contributed by atoms with Crippen LogP contribution in [0, 0.1) is 11.3 Å². The van der Waals surface area contributed by atoms with Crippen LogP contribution in [0.25, 0.3) is 10.9 Å². The molecule has 2 aliphatic heterocycles. The molecule has 0 radical (unpaired) electrons. The van der Waals surface area contributed by atoms with E-state index >= 15 is 0 Å². The molecule has 5 rings (SSSR count). The van der Waals surface area contributed by atoms with Crippen molar-refractivity contribution in [2.45, 2.75) is 90.0 Å². The summed E-state index contributed by atoms with van der Waals surface area (Å²) >= 11 is 0. The van der Waals surface area contributed by atoms with E-state index in [0.717, 1.165) is 43.8 Å². The second kappa shape index (κ2) is 11.1. The van der Waals surface area contributed by atoms with Gasteiger partial charge in [0.1, 0.15) is 24.3 Å². The zero-order chi connectivity index (χ0) is 28.6. The number of carbonyl (C=O) groups is 4. The first-order valence-corrected chi connectivity index (χ1v) is 14.1. The van der Waals surface area contributed by atoms with E-state index in [1.807, 2.05) is 45.0 Å². The molecule has 1 saturated carbocycles. The number of nitrogens with zero attached hydrogens (tertiary/aromatic N) is 2. The molecule has 1 saturated heterocycles. The van der Waals surface area contributed by atoms with Crippen LogP contribution in [0.15, 0.2) is 24.3 Å². The number of ether oxygens (including phenoxy) is 2. The number of amides is 2. The van der Waals surface area contributed by atoms with E-state index < -0.39 is 41.6 Å². The van der Waals surface area contributed by atoms with Crippen LogP contribution in [0.2, 0.25) is 0 Å². The number of hydrogen-bond donors (Lipinski definition) is 2. The Morgan fingerprint density at radius 3 is 2.62 bits per heavy atom. The predicted molar refractivity (Wildman–Crippen MR) is 146 cm³/mol. The molecule has 1 aromatic carbocycles. The van der Waals surface area contributed by atoms with Crippen molar-refractivity contribution in [3.8, 4) is 5.88 Å². The molecule has 3 heterocycles. The monoisotopic (exact) mass is 551 g/mol. The number of carboxylic acids is 1. The third kappa shape index (κ3) is 5.76. The summed E-state index contributed by atoms with van der Waals surface area (Å²) in [5.41, 5.74) is 1.15. The van der Waals surface area contributed by atoms with Crippen LogP contribution < -0.4 is 10.1 Å². The molecule has 214 valence electrons. The summed E-state index contributed by atoms with van der Waals surface area (Å²) < 4.78 is 11.9. The smallest absolute Gasteiger partial charge is 0.408 e. The lowest BCUT2D eigenvalue weighted by atomic mass is 9.85. The lowest BCUT2D eigenvalue weighted by Crippen LogP contribution is -2.57. The topological polar surface area (TPSA) is 135 Å². The lowest BCUT2D eigenvalue weighted by molar-refractivity contribution is -0.150. The van der Waals surface area contributed by atoms with Crippen molar-refractivity contribution < 1.29 is 33.8 Å². The highest BCUT2D eigenvalue weighted by Gasteiger charge is 2.47. The largest absolute Gasteiger partial charge is 0.480 e. The maximum Gasteiger partial charge on any atom is 0.408 e. The van der Waals surface area contributed by atoms with Crippen molar-refractivity contribution in [1.29, 1.82) is 0 Å². The second-order valence-corrected chi connectivity index (χ2v) is 12.2. The van der Waals surface area contributed by atoms with Gasteiger partial charge in [-0.25, -0.2) is 14.6 Å². The average molecular weight is 552 g/mol. The summed E-state index contributed by atoms with van der Waals surface area (Å²) in [6.07, 6.45) is 4.40. The van der Waals surface area contributed by atoms with Crippen LogP contribution in [0.3, 0.4) is 0 Å². The molecule has 0 unspecified atom stereocenters. The summed E-state index contributed by atoms with van der Waals surface area (Å²) in [4.78, 5) is 57.1. The minimum atomic E-state index is -1.15. The average Bonchev–Trinajstić information content (AvgIpc) is 3.48. The number of carbonyl (C=O) groups excluding carboxylic acids is 3. The number of pyridine rings is 1. The zero-order valence-corrected chi connectivity index (χ0v) is 23.2. The van der Waals surface area contributed by atoms with Crippen LogP contribution in [0.5, 0.6) is 5.88 Å². The standard InChI is InChI=1S/C30H37N3O7/c1-30(2,3)25-27(35)33-15-18(14-23(33)28(36)37)39-26-20(21(16-34)19-10-7-8-12-22(19)31-26)11-6-4-5-9-17-13-24(17)40-29(38)32-25/h7-8,10,12,16-18,23-25H,4-6,9,11,13-15H2,1-3H3,(H,32,38)(H,36,37)/t17-,18-,23+,24-,25-/m1/s1. The Kier molecular flexibility index (Phi) is 7.70. The number of fused-ring (bicyclic) bond motifs is 5. The molecule has 2 bridgehead atoms. The van der Waals surface area contributed by atoms with Gasteiger partial charge in [-0.3, -0.25) is 9.59 Å². The molecule has 2 fully saturated rings. The fourth-order valence-corrected chi connectivity index (χ4v) is 5.90. The maximum absolute atomic E-state index is 13.8. The Hall–Kier alpha value is -3.69. The van der Waals surface area contributed by atoms with Crippen LogP contribution in [-0.2, 0) is 20.7 Å². The van der Waals surface area contributed by atoms with Gasteiger partial charge < -0.3 is 24.8 Å². The normalized spacial score (nSPS) is 27.8. The number of nitrogens with one attached hydrogen (secondary N) is 1. The SMILES string of the molecule is CC(C)(C)[C@@H]1NC(=O)O[C@@H]2C[C@H]2CCCCCc2c(nc3ccccc3c2C=O)O[C@@H]2C[C@@H](C(=O)O)N(C2)C1=O. The van der Waals surface area contributed by atoms with E-state index in [-0.39, 0.29) is 25.0 Å². The van der Waals surface area contributed by atoms with Crippen molar-refractivity contribution in [3.05, 3.63) is 35.4 Å². The summed E-state index contributed by atoms with van der Waals surface area (Å²) in [5.74, 6) is -1.06. The second-order valence-electron chi connectivity index (χ2n) is 12.2. The minimum Gasteiger partial charge on any atom is -0.480 e. The highest BCUT2D eigenvalue weighted by molar-refractivity contribution is 5.98. The van der Waals surface area contributed by atoms with Gasteiger partial charge in [-0.15, -0.1) is 0 Å². The van der Waals surface area contributed by atoms with E-state index in [0.29, 0.717) is 28.9 Å². The van der Waals surface area contributed by atoms with Crippen LogP contribution in [-0.4, -0.2) is 70.1 Å². The third-order valence-electron chi connectivity index (χ3n) is 8.22. The number of aromatic nitrogens is 1. The Morgan fingerprint density at radius 1 is 1.12 bits per heavy atom. The molecule has 0 spiro atoms. The molecule has 2 N–H and O–H groups in total. The number of benzene rings is 1. The van der Waals surface area contributed by atoms with E-state index in [9.17, 15) is 24.3 Å². The molecule has 40 heavy (non-hydrogen) atoms. The third-order valence-corrected chi connectivity index (χ3v) is 8.22. The van der Waals surface area contributed by atoms with Crippen molar-refractivity contribution in [3.63, 3.8) is 0 Å². The molecule has 2 aromatic rings. The predicted octanol–water partition coefficient (Wildman–Crippen LogP) is 4.13. The fourth-order valence-electron chi connectivity index (χ4n) is 5.90. The Balaban J connectivity index is 1.51. The summed E-state index contributed by atoms with van der Waals surface area (Å²) in [5, 5.41) is 13.5. The van der Waals surface area contributed by atoms with E-state index in [1.165, 1.54) is 4.90 Å². The zero-order valence-electron chi connectivity index (χ0n) is 23.2. The quantitative estimate of drug-likeness (QED) is 0.532. The van der Waals surface area contributed by atoms with Crippen molar-refractivity contribution in [2.24, 2.45) is 11.3 Å². The molecule has 5 atom stereocenters. The summed E-state index contributed by atoms with van der Waals surface area (Å²) in [6, 6.07) is 5.25. The van der Waals surface area contributed by atoms with Crippen LogP contribution in [0.4, 0.5) is 4.79 Å². The van der Waals surface area contributed by atoms with Crippen molar-refractivity contribution in [2.75, 3.05) is 6.54 Å². The van der Waals surface area contributed by atoms with E-state index in [1.54, 1.807) is 0 Å². The van der Waals surface area contributed by atoms with Crippen LogP contribution >= 0.6 is 0 Å². The highest BCUT2D eigenvalue weighted by atomic mass is 16.6. The number of aliphatic carboxylic acids is 1. The molecule has 1 aliphatic carbocycles. The Labute approximate surface area is 233 Å². The van der Waals surface area contributed by atoms with Crippen molar-refractivity contribution >= 4 is 35.2 Å². The first-order chi connectivity index (χ1) is 19.1. The minimum absolute atomic E-state index is 0.00811. The van der Waals surface area contributed by atoms with Crippen molar-refractivity contribution in [1.82, 2.24) is 15.2 Å². The van der Waals surface area contributed by atoms with Gasteiger partial charge in [0, 0.05) is 22.9 Å². The number of para-hydroxylation sites is 1. The van der Waals surface area contributed by atoms with Gasteiger partial charge in [0.2, 0.25) is 11.8 Å². The van der Waals surface area contributed by atoms with Gasteiger partial charge in [-0.1, -0.05) is 51.8 Å². The summed E-state index contributed by atoms with van der Waals surface area (Å²) in [7, 11) is 0. The van der Waals surface area contributed by atoms with Crippen LogP contribution in [0.1, 0.15) is 75.2 Å². The first-order valence-electron chi connectivity index (χ1n) is 14.1. The molecular formula is C30H37N3O7. The van der Waals surface area contributed by atoms with Gasteiger partial charge in [0.15, 0.2) is 6.29 Å².